The van der Waals surface area contributed by atoms with Crippen LogP contribution in [0, 0.1) is 18.7 Å². The van der Waals surface area contributed by atoms with Gasteiger partial charge < -0.3 is 36.5 Å². The number of carbonyl (C=O) groups is 2. The van der Waals surface area contributed by atoms with E-state index in [9.17, 15) is 14.4 Å². The van der Waals surface area contributed by atoms with E-state index in [1.54, 1.807) is 20.0 Å². The van der Waals surface area contributed by atoms with Gasteiger partial charge >= 0.3 is 0 Å². The number of aromatic amines is 1. The summed E-state index contributed by atoms with van der Waals surface area (Å²) < 4.78 is 15.5. The van der Waals surface area contributed by atoms with Gasteiger partial charge in [-0.25, -0.2) is 4.39 Å². The van der Waals surface area contributed by atoms with Gasteiger partial charge in [0.05, 0.1) is 52.1 Å². The predicted octanol–water partition coefficient (Wildman–Crippen LogP) is 3.79. The van der Waals surface area contributed by atoms with E-state index in [4.69, 9.17) is 10.7 Å². The third-order valence-electron chi connectivity index (χ3n) is 8.49. The Kier molecular flexibility index (Phi) is 11.5. The molecule has 2 atom stereocenters. The molecule has 0 bridgehead atoms. The zero-order valence-corrected chi connectivity index (χ0v) is 28.2. The van der Waals surface area contributed by atoms with Crippen molar-refractivity contribution in [3.63, 3.8) is 0 Å². The van der Waals surface area contributed by atoms with Gasteiger partial charge in [0.2, 0.25) is 11.8 Å². The first kappa shape index (κ1) is 35.3. The number of benzene rings is 2. The Morgan fingerprint density at radius 1 is 1.13 bits per heavy atom. The molecule has 6 N–H and O–H groups in total. The minimum Gasteiger partial charge on any atom is -0.370 e. The number of anilines is 2. The number of hydrogen-bond donors (Lipinski definition) is 5. The van der Waals surface area contributed by atoms with Gasteiger partial charge in [-0.05, 0) is 76.2 Å². The van der Waals surface area contributed by atoms with Gasteiger partial charge in [0.15, 0.2) is 0 Å². The maximum Gasteiger partial charge on any atom is 0.259 e. The minimum absolute atomic E-state index is 0.134. The van der Waals surface area contributed by atoms with Crippen molar-refractivity contribution in [1.82, 2.24) is 20.5 Å². The molecule has 0 spiro atoms. The molecule has 0 saturated carbocycles. The predicted molar refractivity (Wildman–Crippen MR) is 188 cm³/mol. The molecular formula is C35H47FN8O3. The fraction of sp³-hybridized carbons (Fsp3) is 0.429. The van der Waals surface area contributed by atoms with Gasteiger partial charge in [-0.15, -0.1) is 0 Å². The molecule has 2 amide bonds. The number of aliphatic imine (C=N–C) groups is 1. The van der Waals surface area contributed by atoms with Gasteiger partial charge in [0.25, 0.3) is 5.56 Å². The molecule has 2 aromatic carbocycles. The average molecular weight is 647 g/mol. The maximum atomic E-state index is 15.5. The number of carbonyl (C=O) groups excluding carboxylic acids is 2. The lowest BCUT2D eigenvalue weighted by atomic mass is 9.99. The van der Waals surface area contributed by atoms with Gasteiger partial charge in [0, 0.05) is 37.6 Å². The number of nitrogens with zero attached hydrogens (tertiary/aromatic N) is 3. The highest BCUT2D eigenvalue weighted by molar-refractivity contribution is 6.10. The van der Waals surface area contributed by atoms with E-state index in [1.807, 2.05) is 32.9 Å². The van der Waals surface area contributed by atoms with Gasteiger partial charge in [0.1, 0.15) is 5.82 Å². The number of primary amides is 1. The number of nitrogens with two attached hydrogens (primary N) is 1. The number of likely N-dealkylation sites (N-methyl/N-ethyl adjacent to an activating group) is 2. The first-order valence-electron chi connectivity index (χ1n) is 15.9. The number of fused-ring (bicyclic) bond motifs is 1. The summed E-state index contributed by atoms with van der Waals surface area (Å²) in [5, 5.41) is 9.13. The molecule has 1 aliphatic rings. The molecular weight excluding hydrogens is 599 g/mol. The van der Waals surface area contributed by atoms with Crippen molar-refractivity contribution in [2.24, 2.45) is 16.6 Å². The Bertz CT molecular complexity index is 1730. The summed E-state index contributed by atoms with van der Waals surface area (Å²) in [5.74, 6) is -1.46. The van der Waals surface area contributed by atoms with E-state index in [0.717, 1.165) is 37.4 Å². The zero-order valence-electron chi connectivity index (χ0n) is 28.2. The molecule has 1 fully saturated rings. The van der Waals surface area contributed by atoms with Gasteiger partial charge in [-0.3, -0.25) is 19.4 Å². The number of rotatable bonds is 13. The van der Waals surface area contributed by atoms with Crippen molar-refractivity contribution in [3.05, 3.63) is 76.0 Å². The zero-order chi connectivity index (χ0) is 34.4. The molecule has 47 heavy (non-hydrogen) atoms. The minimum atomic E-state index is -0.844. The van der Waals surface area contributed by atoms with Crippen molar-refractivity contribution in [2.45, 2.75) is 52.6 Å². The van der Waals surface area contributed by atoms with E-state index in [2.05, 4.69) is 50.4 Å². The molecule has 1 aromatic heterocycles. The SMILES string of the molecule is C=C(Nc1c(/C(C)=N/c2ccc(N3CCN(C)CC3)cc2C)c(=O)[nH]c2cccc(F)c12)C(CC(C)C)NC(=O)[C@@H](CC(N)=O)NC. The highest BCUT2D eigenvalue weighted by Gasteiger charge is 2.26. The quantitative estimate of drug-likeness (QED) is 0.178. The number of piperazine rings is 1. The lowest BCUT2D eigenvalue weighted by Gasteiger charge is -2.34. The molecule has 1 saturated heterocycles. The van der Waals surface area contributed by atoms with Crippen LogP contribution in [0.2, 0.25) is 0 Å². The standard InChI is InChI=1S/C35H47FN8O3/c1-20(2)17-28(42-34(46)29(38-6)19-30(37)45)22(4)40-33-31(35(47)41-27-10-8-9-25(36)32(27)33)23(5)39-26-12-11-24(18-21(26)3)44-15-13-43(7)14-16-44/h8-12,18,20,28-29,38H,4,13-17,19H2,1-3,5-7H3,(H2,37,45)(H,42,46)(H2,40,41,47)/b39-23+/t28?,29-/m1/s1. The second kappa shape index (κ2) is 15.4. The number of nitrogens with one attached hydrogen (secondary N) is 4. The van der Waals surface area contributed by atoms with Crippen LogP contribution in [-0.4, -0.2) is 79.8 Å². The number of pyridine rings is 1. The summed E-state index contributed by atoms with van der Waals surface area (Å²) in [6, 6.07) is 9.07. The van der Waals surface area contributed by atoms with Crippen LogP contribution in [0.1, 0.15) is 44.7 Å². The van der Waals surface area contributed by atoms with Gasteiger partial charge in [-0.1, -0.05) is 26.5 Å². The molecule has 2 heterocycles. The molecule has 0 radical (unpaired) electrons. The van der Waals surface area contributed by atoms with Crippen molar-refractivity contribution in [1.29, 1.82) is 0 Å². The number of H-pyrrole nitrogens is 1. The summed E-state index contributed by atoms with van der Waals surface area (Å²) in [6.45, 7) is 15.7. The topological polar surface area (TPSA) is 148 Å². The number of amides is 2. The summed E-state index contributed by atoms with van der Waals surface area (Å²) >= 11 is 0. The van der Waals surface area contributed by atoms with Crippen molar-refractivity contribution < 1.29 is 14.0 Å². The van der Waals surface area contributed by atoms with Crippen molar-refractivity contribution in [2.75, 3.05) is 50.5 Å². The fourth-order valence-corrected chi connectivity index (χ4v) is 5.85. The van der Waals surface area contributed by atoms with Crippen molar-refractivity contribution in [3.8, 4) is 0 Å². The summed E-state index contributed by atoms with van der Waals surface area (Å²) in [7, 11) is 3.69. The molecule has 252 valence electrons. The van der Waals surface area contributed by atoms with E-state index in [1.165, 1.54) is 12.1 Å². The van der Waals surface area contributed by atoms with E-state index >= 15 is 4.39 Å². The first-order chi connectivity index (χ1) is 22.3. The van der Waals surface area contributed by atoms with Crippen LogP contribution in [0.5, 0.6) is 0 Å². The Balaban J connectivity index is 1.74. The fourth-order valence-electron chi connectivity index (χ4n) is 5.85. The second-order valence-electron chi connectivity index (χ2n) is 12.7. The second-order valence-corrected chi connectivity index (χ2v) is 12.7. The Morgan fingerprint density at radius 2 is 1.83 bits per heavy atom. The van der Waals surface area contributed by atoms with E-state index in [0.29, 0.717) is 29.0 Å². The van der Waals surface area contributed by atoms with Crippen LogP contribution in [-0.2, 0) is 9.59 Å². The molecule has 0 aliphatic carbocycles. The van der Waals surface area contributed by atoms with Crippen LogP contribution in [0.3, 0.4) is 0 Å². The van der Waals surface area contributed by atoms with Crippen LogP contribution in [0.15, 0.2) is 58.5 Å². The average Bonchev–Trinajstić information content (AvgIpc) is 3.00. The van der Waals surface area contributed by atoms with Crippen molar-refractivity contribution >= 4 is 45.5 Å². The number of halogens is 1. The Labute approximate surface area is 275 Å². The first-order valence-corrected chi connectivity index (χ1v) is 15.9. The lowest BCUT2D eigenvalue weighted by Crippen LogP contribution is -2.49. The Hall–Kier alpha value is -4.55. The molecule has 11 nitrogen and oxygen atoms in total. The number of aromatic nitrogens is 1. The smallest absolute Gasteiger partial charge is 0.259 e. The Morgan fingerprint density at radius 3 is 2.45 bits per heavy atom. The molecule has 4 rings (SSSR count). The third kappa shape index (κ3) is 8.63. The monoisotopic (exact) mass is 646 g/mol. The van der Waals surface area contributed by atoms with Gasteiger partial charge in [-0.2, -0.15) is 0 Å². The normalized spacial score (nSPS) is 15.5. The van der Waals surface area contributed by atoms with Crippen LogP contribution in [0.25, 0.3) is 10.9 Å². The molecule has 1 unspecified atom stereocenters. The number of hydrogen-bond acceptors (Lipinski definition) is 8. The lowest BCUT2D eigenvalue weighted by molar-refractivity contribution is -0.127. The highest BCUT2D eigenvalue weighted by Crippen LogP contribution is 2.31. The third-order valence-corrected chi connectivity index (χ3v) is 8.49. The highest BCUT2D eigenvalue weighted by atomic mass is 19.1. The summed E-state index contributed by atoms with van der Waals surface area (Å²) in [6.07, 6.45) is 0.297. The summed E-state index contributed by atoms with van der Waals surface area (Å²) in [4.78, 5) is 50.6. The van der Waals surface area contributed by atoms with E-state index in [-0.39, 0.29) is 29.0 Å². The van der Waals surface area contributed by atoms with Crippen LogP contribution >= 0.6 is 0 Å². The maximum absolute atomic E-state index is 15.5. The number of aryl methyl sites for hydroxylation is 1. The van der Waals surface area contributed by atoms with Crippen LogP contribution in [0.4, 0.5) is 21.5 Å². The molecule has 3 aromatic rings. The van der Waals surface area contributed by atoms with E-state index < -0.39 is 35.3 Å². The van der Waals surface area contributed by atoms with Crippen LogP contribution < -0.4 is 32.1 Å². The molecule has 1 aliphatic heterocycles. The largest absolute Gasteiger partial charge is 0.370 e. The summed E-state index contributed by atoms with van der Waals surface area (Å²) in [5.41, 5.74) is 9.02. The molecule has 12 heteroatoms.